The summed E-state index contributed by atoms with van der Waals surface area (Å²) >= 11 is 0. The van der Waals surface area contributed by atoms with Crippen molar-refractivity contribution in [3.8, 4) is 0 Å². The Labute approximate surface area is 83.5 Å². The molecule has 0 unspecified atom stereocenters. The van der Waals surface area contributed by atoms with Gasteiger partial charge >= 0.3 is 0 Å². The zero-order valence-electron chi connectivity index (χ0n) is 9.60. The predicted octanol–water partition coefficient (Wildman–Crippen LogP) is 3.90. The number of unbranched alkanes of at least 4 members (excludes halogenated alkanes) is 5. The summed E-state index contributed by atoms with van der Waals surface area (Å²) in [5.74, 6) is 0. The smallest absolute Gasteiger partial charge is 0.0617 e. The lowest BCUT2D eigenvalue weighted by molar-refractivity contribution is 0.0442. The summed E-state index contributed by atoms with van der Waals surface area (Å²) in [7, 11) is 0. The predicted molar refractivity (Wildman–Crippen MR) is 58.9 cm³/mol. The highest BCUT2D eigenvalue weighted by atomic mass is 16.3. The molecule has 80 valence electrons. The quantitative estimate of drug-likeness (QED) is 0.570. The van der Waals surface area contributed by atoms with Gasteiger partial charge in [-0.25, -0.2) is 0 Å². The Morgan fingerprint density at radius 2 is 1.46 bits per heavy atom. The van der Waals surface area contributed by atoms with Crippen molar-refractivity contribution < 1.29 is 5.11 Å². The van der Waals surface area contributed by atoms with Crippen LogP contribution >= 0.6 is 0 Å². The average Bonchev–Trinajstić information content (AvgIpc) is 2.11. The average molecular weight is 186 g/mol. The zero-order chi connectivity index (χ0) is 10.2. The molecular formula is C12H26O. The highest BCUT2D eigenvalue weighted by Crippen LogP contribution is 2.18. The first-order chi connectivity index (χ1) is 6.12. The van der Waals surface area contributed by atoms with Gasteiger partial charge in [-0.2, -0.15) is 0 Å². The molecule has 0 aliphatic heterocycles. The first-order valence-corrected chi connectivity index (χ1v) is 5.84. The molecule has 0 aromatic heterocycles. The first kappa shape index (κ1) is 13.0. The summed E-state index contributed by atoms with van der Waals surface area (Å²) < 4.78 is 0. The Kier molecular flexibility index (Phi) is 7.35. The number of aliphatic hydroxyl groups is 1. The highest BCUT2D eigenvalue weighted by molar-refractivity contribution is 4.69. The van der Waals surface area contributed by atoms with E-state index in [4.69, 9.17) is 0 Å². The molecule has 0 aromatic rings. The molecule has 0 aliphatic rings. The molecule has 0 rings (SSSR count). The maximum Gasteiger partial charge on any atom is 0.0617 e. The zero-order valence-corrected chi connectivity index (χ0v) is 9.60. The maximum atomic E-state index is 9.73. The van der Waals surface area contributed by atoms with Crippen molar-refractivity contribution in [2.24, 2.45) is 0 Å². The van der Waals surface area contributed by atoms with E-state index in [1.165, 1.54) is 38.5 Å². The van der Waals surface area contributed by atoms with Crippen molar-refractivity contribution in [2.75, 3.05) is 0 Å². The van der Waals surface area contributed by atoms with Gasteiger partial charge < -0.3 is 5.11 Å². The molecule has 0 heterocycles. The van der Waals surface area contributed by atoms with Crippen LogP contribution in [0.2, 0.25) is 0 Å². The topological polar surface area (TPSA) is 20.2 Å². The van der Waals surface area contributed by atoms with Crippen LogP contribution < -0.4 is 0 Å². The normalized spacial score (nSPS) is 15.7. The first-order valence-electron chi connectivity index (χ1n) is 5.84. The van der Waals surface area contributed by atoms with Crippen molar-refractivity contribution in [1.82, 2.24) is 0 Å². The molecule has 0 aromatic carbocycles. The van der Waals surface area contributed by atoms with Crippen LogP contribution in [0.1, 0.15) is 72.1 Å². The van der Waals surface area contributed by atoms with Crippen LogP contribution in [-0.4, -0.2) is 10.7 Å². The monoisotopic (exact) mass is 186 g/mol. The molecular weight excluding hydrogens is 160 g/mol. The van der Waals surface area contributed by atoms with Crippen LogP contribution in [0.15, 0.2) is 0 Å². The summed E-state index contributed by atoms with van der Waals surface area (Å²) in [6.07, 6.45) is 9.70. The standard InChI is InChI=1S/C12H26O/c1-4-6-7-8-9-10-11-12(3,13)5-2/h13H,4-11H2,1-3H3/t12-/m1/s1. The fraction of sp³-hybridized carbons (Fsp3) is 1.00. The molecule has 1 nitrogen and oxygen atoms in total. The van der Waals surface area contributed by atoms with Crippen LogP contribution in [0.5, 0.6) is 0 Å². The lowest BCUT2D eigenvalue weighted by Crippen LogP contribution is -2.22. The lowest BCUT2D eigenvalue weighted by Gasteiger charge is -2.20. The largest absolute Gasteiger partial charge is 0.390 e. The Morgan fingerprint density at radius 1 is 0.923 bits per heavy atom. The van der Waals surface area contributed by atoms with Crippen molar-refractivity contribution in [3.63, 3.8) is 0 Å². The third kappa shape index (κ3) is 8.29. The molecule has 0 amide bonds. The Morgan fingerprint density at radius 3 is 2.00 bits per heavy atom. The van der Waals surface area contributed by atoms with Gasteiger partial charge in [-0.05, 0) is 19.8 Å². The minimum absolute atomic E-state index is 0.412. The van der Waals surface area contributed by atoms with E-state index in [2.05, 4.69) is 13.8 Å². The van der Waals surface area contributed by atoms with Gasteiger partial charge in [0.1, 0.15) is 0 Å². The molecule has 1 atom stereocenters. The second-order valence-corrected chi connectivity index (χ2v) is 4.37. The fourth-order valence-electron chi connectivity index (χ4n) is 1.46. The minimum atomic E-state index is -0.412. The van der Waals surface area contributed by atoms with Crippen molar-refractivity contribution in [1.29, 1.82) is 0 Å². The fourth-order valence-corrected chi connectivity index (χ4v) is 1.46. The van der Waals surface area contributed by atoms with Crippen LogP contribution in [0.25, 0.3) is 0 Å². The molecule has 0 aliphatic carbocycles. The molecule has 0 spiro atoms. The van der Waals surface area contributed by atoms with E-state index in [-0.39, 0.29) is 0 Å². The van der Waals surface area contributed by atoms with Gasteiger partial charge in [0.25, 0.3) is 0 Å². The summed E-state index contributed by atoms with van der Waals surface area (Å²) in [5.41, 5.74) is -0.412. The van der Waals surface area contributed by atoms with E-state index in [0.29, 0.717) is 0 Å². The van der Waals surface area contributed by atoms with E-state index in [1.807, 2.05) is 6.92 Å². The summed E-state index contributed by atoms with van der Waals surface area (Å²) in [6, 6.07) is 0. The second kappa shape index (κ2) is 7.37. The van der Waals surface area contributed by atoms with E-state index in [0.717, 1.165) is 12.8 Å². The van der Waals surface area contributed by atoms with E-state index in [9.17, 15) is 5.11 Å². The number of rotatable bonds is 8. The minimum Gasteiger partial charge on any atom is -0.390 e. The van der Waals surface area contributed by atoms with Crippen LogP contribution in [0, 0.1) is 0 Å². The van der Waals surface area contributed by atoms with Gasteiger partial charge in [0.15, 0.2) is 0 Å². The van der Waals surface area contributed by atoms with Crippen LogP contribution in [0.4, 0.5) is 0 Å². The third-order valence-electron chi connectivity index (χ3n) is 2.83. The number of hydrogen-bond acceptors (Lipinski definition) is 1. The van der Waals surface area contributed by atoms with Gasteiger partial charge in [-0.15, -0.1) is 0 Å². The Bertz CT molecular complexity index is 108. The van der Waals surface area contributed by atoms with Gasteiger partial charge in [-0.1, -0.05) is 52.4 Å². The van der Waals surface area contributed by atoms with Gasteiger partial charge in [0.2, 0.25) is 0 Å². The second-order valence-electron chi connectivity index (χ2n) is 4.37. The van der Waals surface area contributed by atoms with Gasteiger partial charge in [0.05, 0.1) is 5.60 Å². The van der Waals surface area contributed by atoms with Crippen molar-refractivity contribution >= 4 is 0 Å². The van der Waals surface area contributed by atoms with E-state index < -0.39 is 5.60 Å². The van der Waals surface area contributed by atoms with Crippen LogP contribution in [0.3, 0.4) is 0 Å². The van der Waals surface area contributed by atoms with Gasteiger partial charge in [-0.3, -0.25) is 0 Å². The summed E-state index contributed by atoms with van der Waals surface area (Å²) in [6.45, 7) is 6.23. The van der Waals surface area contributed by atoms with Crippen LogP contribution in [-0.2, 0) is 0 Å². The molecule has 0 radical (unpaired) electrons. The Balaban J connectivity index is 3.16. The van der Waals surface area contributed by atoms with Crippen molar-refractivity contribution in [3.05, 3.63) is 0 Å². The molecule has 1 heteroatoms. The van der Waals surface area contributed by atoms with Gasteiger partial charge in [0, 0.05) is 0 Å². The molecule has 13 heavy (non-hydrogen) atoms. The maximum absolute atomic E-state index is 9.73. The molecule has 0 saturated carbocycles. The molecule has 0 bridgehead atoms. The Hall–Kier alpha value is -0.0400. The van der Waals surface area contributed by atoms with Crippen molar-refractivity contribution in [2.45, 2.75) is 77.7 Å². The van der Waals surface area contributed by atoms with E-state index >= 15 is 0 Å². The number of hydrogen-bond donors (Lipinski definition) is 1. The SMILES string of the molecule is CCCCCCCC[C@](C)(O)CC. The lowest BCUT2D eigenvalue weighted by atomic mass is 9.95. The molecule has 1 N–H and O–H groups in total. The molecule has 0 saturated heterocycles. The highest BCUT2D eigenvalue weighted by Gasteiger charge is 2.15. The summed E-state index contributed by atoms with van der Waals surface area (Å²) in [4.78, 5) is 0. The molecule has 0 fully saturated rings. The van der Waals surface area contributed by atoms with E-state index in [1.54, 1.807) is 0 Å². The summed E-state index contributed by atoms with van der Waals surface area (Å²) in [5, 5.41) is 9.73. The third-order valence-corrected chi connectivity index (χ3v) is 2.83.